The summed E-state index contributed by atoms with van der Waals surface area (Å²) in [6.45, 7) is 4.80. The molecule has 0 bridgehead atoms. The molecular formula is C18H22BrN3O4. The van der Waals surface area contributed by atoms with Crippen LogP contribution in [0.25, 0.3) is 0 Å². The van der Waals surface area contributed by atoms with Gasteiger partial charge >= 0.3 is 0 Å². The molecule has 1 aliphatic heterocycles. The summed E-state index contributed by atoms with van der Waals surface area (Å²) in [7, 11) is 0. The third-order valence-corrected chi connectivity index (χ3v) is 4.62. The van der Waals surface area contributed by atoms with Crippen molar-refractivity contribution in [2.24, 2.45) is 0 Å². The molecule has 0 saturated carbocycles. The SMILES string of the molecule is CCOc1cc(C#N)cc(Br)c1OCC(=O)N1CCC(NC(C)=O)CC1. The Hall–Kier alpha value is -2.27. The molecule has 140 valence electrons. The van der Waals surface area contributed by atoms with Gasteiger partial charge in [-0.2, -0.15) is 5.26 Å². The van der Waals surface area contributed by atoms with Gasteiger partial charge in [0.15, 0.2) is 18.1 Å². The predicted molar refractivity (Wildman–Crippen MR) is 98.9 cm³/mol. The average molecular weight is 424 g/mol. The number of piperidine rings is 1. The minimum absolute atomic E-state index is 0.0489. The summed E-state index contributed by atoms with van der Waals surface area (Å²) < 4.78 is 11.8. The third-order valence-electron chi connectivity index (χ3n) is 4.03. The minimum atomic E-state index is -0.120. The zero-order valence-electron chi connectivity index (χ0n) is 14.9. The Labute approximate surface area is 161 Å². The van der Waals surface area contributed by atoms with Gasteiger partial charge in [0.05, 0.1) is 22.7 Å². The van der Waals surface area contributed by atoms with E-state index in [1.54, 1.807) is 17.0 Å². The van der Waals surface area contributed by atoms with Gasteiger partial charge in [0.25, 0.3) is 5.91 Å². The first-order valence-electron chi connectivity index (χ1n) is 8.48. The molecule has 0 aliphatic carbocycles. The first-order valence-corrected chi connectivity index (χ1v) is 9.28. The largest absolute Gasteiger partial charge is 0.490 e. The number of rotatable bonds is 6. The molecule has 2 amide bonds. The minimum Gasteiger partial charge on any atom is -0.490 e. The Morgan fingerprint density at radius 1 is 1.35 bits per heavy atom. The van der Waals surface area contributed by atoms with Crippen LogP contribution < -0.4 is 14.8 Å². The van der Waals surface area contributed by atoms with Crippen LogP contribution in [0.4, 0.5) is 0 Å². The highest BCUT2D eigenvalue weighted by Gasteiger charge is 2.24. The van der Waals surface area contributed by atoms with E-state index in [2.05, 4.69) is 27.3 Å². The Kier molecular flexibility index (Phi) is 7.27. The van der Waals surface area contributed by atoms with Crippen LogP contribution in [-0.2, 0) is 9.59 Å². The van der Waals surface area contributed by atoms with Crippen LogP contribution in [0.2, 0.25) is 0 Å². The van der Waals surface area contributed by atoms with Gasteiger partial charge in [0.2, 0.25) is 5.91 Å². The molecule has 1 saturated heterocycles. The molecular weight excluding hydrogens is 402 g/mol. The highest BCUT2D eigenvalue weighted by atomic mass is 79.9. The van der Waals surface area contributed by atoms with Crippen molar-refractivity contribution in [3.63, 3.8) is 0 Å². The highest BCUT2D eigenvalue weighted by Crippen LogP contribution is 2.36. The third kappa shape index (κ3) is 5.36. The molecule has 0 spiro atoms. The molecule has 1 heterocycles. The zero-order chi connectivity index (χ0) is 19.1. The maximum Gasteiger partial charge on any atom is 0.260 e. The smallest absolute Gasteiger partial charge is 0.260 e. The fraction of sp³-hybridized carbons (Fsp3) is 0.500. The number of likely N-dealkylation sites (tertiary alicyclic amines) is 1. The van der Waals surface area contributed by atoms with Gasteiger partial charge in [0, 0.05) is 32.1 Å². The molecule has 0 atom stereocenters. The van der Waals surface area contributed by atoms with Gasteiger partial charge in [0.1, 0.15) is 0 Å². The first kappa shape index (κ1) is 20.0. The Balaban J connectivity index is 1.95. The number of benzene rings is 1. The van der Waals surface area contributed by atoms with Crippen LogP contribution in [0.5, 0.6) is 11.5 Å². The summed E-state index contributed by atoms with van der Waals surface area (Å²) >= 11 is 3.36. The number of carbonyl (C=O) groups is 2. The summed E-state index contributed by atoms with van der Waals surface area (Å²) in [4.78, 5) is 25.2. The van der Waals surface area contributed by atoms with Crippen molar-refractivity contribution >= 4 is 27.7 Å². The normalized spacial score (nSPS) is 14.5. The molecule has 0 unspecified atom stereocenters. The molecule has 1 N–H and O–H groups in total. The number of amides is 2. The van der Waals surface area contributed by atoms with E-state index in [0.29, 0.717) is 41.2 Å². The Bertz CT molecular complexity index is 709. The van der Waals surface area contributed by atoms with Gasteiger partial charge in [-0.25, -0.2) is 0 Å². The monoisotopic (exact) mass is 423 g/mol. The topological polar surface area (TPSA) is 91.7 Å². The average Bonchev–Trinajstić information content (AvgIpc) is 2.61. The fourth-order valence-electron chi connectivity index (χ4n) is 2.82. The first-order chi connectivity index (χ1) is 12.4. The number of hydrogen-bond donors (Lipinski definition) is 1. The summed E-state index contributed by atoms with van der Waals surface area (Å²) in [6.07, 6.45) is 1.46. The molecule has 26 heavy (non-hydrogen) atoms. The Morgan fingerprint density at radius 2 is 2.04 bits per heavy atom. The number of carbonyl (C=O) groups excluding carboxylic acids is 2. The van der Waals surface area contributed by atoms with Gasteiger partial charge in [-0.15, -0.1) is 0 Å². The summed E-state index contributed by atoms with van der Waals surface area (Å²) in [5.41, 5.74) is 0.444. The van der Waals surface area contributed by atoms with Gasteiger partial charge in [-0.1, -0.05) is 0 Å². The second-order valence-electron chi connectivity index (χ2n) is 5.97. The number of hydrogen-bond acceptors (Lipinski definition) is 5. The van der Waals surface area contributed by atoms with Crippen LogP contribution in [0.1, 0.15) is 32.3 Å². The fourth-order valence-corrected chi connectivity index (χ4v) is 3.38. The van der Waals surface area contributed by atoms with E-state index in [4.69, 9.17) is 14.7 Å². The van der Waals surface area contributed by atoms with Crippen molar-refractivity contribution < 1.29 is 19.1 Å². The quantitative estimate of drug-likeness (QED) is 0.756. The molecule has 1 aromatic carbocycles. The van der Waals surface area contributed by atoms with Gasteiger partial charge < -0.3 is 19.7 Å². The van der Waals surface area contributed by atoms with Crippen LogP contribution in [-0.4, -0.2) is 49.1 Å². The number of nitrogens with one attached hydrogen (secondary N) is 1. The predicted octanol–water partition coefficient (Wildman–Crippen LogP) is 2.23. The maximum atomic E-state index is 12.4. The number of halogens is 1. The van der Waals surface area contributed by atoms with Crippen molar-refractivity contribution in [3.05, 3.63) is 22.2 Å². The van der Waals surface area contributed by atoms with Gasteiger partial charge in [-0.05, 0) is 41.8 Å². The van der Waals surface area contributed by atoms with E-state index < -0.39 is 0 Å². The number of nitrogens with zero attached hydrogens (tertiary/aromatic N) is 2. The standard InChI is InChI=1S/C18H22BrN3O4/c1-3-25-16-9-13(10-20)8-15(19)18(16)26-11-17(24)22-6-4-14(5-7-22)21-12(2)23/h8-9,14H,3-7,11H2,1-2H3,(H,21,23). The zero-order valence-corrected chi connectivity index (χ0v) is 16.5. The summed E-state index contributed by atoms with van der Waals surface area (Å²) in [5, 5.41) is 11.9. The molecule has 2 rings (SSSR count). The lowest BCUT2D eigenvalue weighted by atomic mass is 10.1. The van der Waals surface area contributed by atoms with E-state index in [1.165, 1.54) is 6.92 Å². The molecule has 1 fully saturated rings. The van der Waals surface area contributed by atoms with E-state index in [-0.39, 0.29) is 24.5 Å². The van der Waals surface area contributed by atoms with Crippen molar-refractivity contribution in [3.8, 4) is 17.6 Å². The van der Waals surface area contributed by atoms with E-state index in [9.17, 15) is 9.59 Å². The second kappa shape index (κ2) is 9.43. The van der Waals surface area contributed by atoms with Crippen LogP contribution >= 0.6 is 15.9 Å². The molecule has 0 aromatic heterocycles. The number of ether oxygens (including phenoxy) is 2. The van der Waals surface area contributed by atoms with Crippen LogP contribution in [0, 0.1) is 11.3 Å². The lowest BCUT2D eigenvalue weighted by Gasteiger charge is -2.32. The van der Waals surface area contributed by atoms with Crippen LogP contribution in [0.15, 0.2) is 16.6 Å². The highest BCUT2D eigenvalue weighted by molar-refractivity contribution is 9.10. The lowest BCUT2D eigenvalue weighted by molar-refractivity contribution is -0.134. The molecule has 1 aromatic rings. The molecule has 7 nitrogen and oxygen atoms in total. The van der Waals surface area contributed by atoms with E-state index in [1.807, 2.05) is 6.92 Å². The molecule has 1 aliphatic rings. The molecule has 8 heteroatoms. The van der Waals surface area contributed by atoms with Crippen molar-refractivity contribution in [2.45, 2.75) is 32.7 Å². The summed E-state index contributed by atoms with van der Waals surface area (Å²) in [6, 6.07) is 5.39. The lowest BCUT2D eigenvalue weighted by Crippen LogP contribution is -2.47. The number of nitriles is 1. The molecule has 0 radical (unpaired) electrons. The van der Waals surface area contributed by atoms with Crippen molar-refractivity contribution in [2.75, 3.05) is 26.3 Å². The Morgan fingerprint density at radius 3 is 2.62 bits per heavy atom. The second-order valence-corrected chi connectivity index (χ2v) is 6.83. The summed E-state index contributed by atoms with van der Waals surface area (Å²) in [5.74, 6) is 0.667. The van der Waals surface area contributed by atoms with E-state index in [0.717, 1.165) is 12.8 Å². The van der Waals surface area contributed by atoms with E-state index >= 15 is 0 Å². The van der Waals surface area contributed by atoms with Crippen LogP contribution in [0.3, 0.4) is 0 Å². The maximum absolute atomic E-state index is 12.4. The van der Waals surface area contributed by atoms with Crippen molar-refractivity contribution in [1.29, 1.82) is 5.26 Å². The van der Waals surface area contributed by atoms with Crippen molar-refractivity contribution in [1.82, 2.24) is 10.2 Å². The van der Waals surface area contributed by atoms with Gasteiger partial charge in [-0.3, -0.25) is 9.59 Å².